The van der Waals surface area contributed by atoms with Crippen LogP contribution in [-0.4, -0.2) is 37.9 Å². The van der Waals surface area contributed by atoms with Crippen molar-refractivity contribution in [2.45, 2.75) is 59.3 Å². The monoisotopic (exact) mass is 492 g/mol. The molecule has 0 unspecified atom stereocenters. The number of nitrogens with zero attached hydrogens (tertiary/aromatic N) is 2. The molecule has 0 radical (unpaired) electrons. The molecule has 0 bridgehead atoms. The van der Waals surface area contributed by atoms with E-state index in [1.165, 1.54) is 50.1 Å². The van der Waals surface area contributed by atoms with Gasteiger partial charge in [0.15, 0.2) is 0 Å². The topological polar surface area (TPSA) is 48.8 Å². The summed E-state index contributed by atoms with van der Waals surface area (Å²) in [5.41, 5.74) is 12.2. The highest BCUT2D eigenvalue weighted by atomic mass is 15.0. The molecule has 4 heteroatoms. The van der Waals surface area contributed by atoms with Gasteiger partial charge in [0.2, 0.25) is 0 Å². The van der Waals surface area contributed by atoms with Crippen molar-refractivity contribution in [3.8, 4) is 0 Å². The number of aliphatic imine (C=N–C) groups is 2. The zero-order chi connectivity index (χ0) is 25.6. The maximum absolute atomic E-state index is 4.65. The lowest BCUT2D eigenvalue weighted by Gasteiger charge is -2.16. The molecule has 0 spiro atoms. The Kier molecular flexibility index (Phi) is 8.03. The van der Waals surface area contributed by atoms with Gasteiger partial charge in [-0.3, -0.25) is 9.98 Å². The standard InChI is InChI=1S/C33H40N4/c1-23-18-26(6-8-28-10-12-30(20-24(28)2)32-34-14-4-15-35-32)22-27(19-23)7-9-29-11-13-31(21-25(29)3)33-36-16-5-17-37-33/h10-13,18-22H,4-9,14-17H2,1-3H3,(H,34,35)(H,36,37). The average molecular weight is 493 g/mol. The summed E-state index contributed by atoms with van der Waals surface area (Å²) in [5.74, 6) is 2.10. The molecule has 0 aliphatic carbocycles. The minimum absolute atomic E-state index is 0.928. The summed E-state index contributed by atoms with van der Waals surface area (Å²) in [6.07, 6.45) is 6.51. The first-order valence-electron chi connectivity index (χ1n) is 13.9. The number of amidine groups is 2. The summed E-state index contributed by atoms with van der Waals surface area (Å²) < 4.78 is 0. The van der Waals surface area contributed by atoms with Gasteiger partial charge in [0.25, 0.3) is 0 Å². The van der Waals surface area contributed by atoms with Crippen molar-refractivity contribution in [1.29, 1.82) is 0 Å². The molecule has 2 aliphatic rings. The van der Waals surface area contributed by atoms with Crippen LogP contribution in [0.15, 0.2) is 64.6 Å². The van der Waals surface area contributed by atoms with Crippen LogP contribution >= 0.6 is 0 Å². The lowest BCUT2D eigenvalue weighted by atomic mass is 9.94. The van der Waals surface area contributed by atoms with Gasteiger partial charge >= 0.3 is 0 Å². The Balaban J connectivity index is 1.21. The van der Waals surface area contributed by atoms with Crippen molar-refractivity contribution in [2.24, 2.45) is 9.98 Å². The second-order valence-electron chi connectivity index (χ2n) is 10.6. The number of nitrogens with one attached hydrogen (secondary N) is 2. The highest BCUT2D eigenvalue weighted by molar-refractivity contribution is 5.99. The van der Waals surface area contributed by atoms with Gasteiger partial charge in [0.05, 0.1) is 0 Å². The van der Waals surface area contributed by atoms with Gasteiger partial charge in [0.1, 0.15) is 11.7 Å². The summed E-state index contributed by atoms with van der Waals surface area (Å²) in [6, 6.07) is 20.7. The molecule has 3 aromatic rings. The van der Waals surface area contributed by atoms with Gasteiger partial charge in [-0.25, -0.2) is 0 Å². The van der Waals surface area contributed by atoms with Gasteiger partial charge in [-0.15, -0.1) is 0 Å². The molecule has 0 atom stereocenters. The fourth-order valence-electron chi connectivity index (χ4n) is 5.49. The molecular weight excluding hydrogens is 452 g/mol. The predicted octanol–water partition coefficient (Wildman–Crippen LogP) is 5.66. The van der Waals surface area contributed by atoms with E-state index in [4.69, 9.17) is 0 Å². The molecule has 192 valence electrons. The van der Waals surface area contributed by atoms with Crippen LogP contribution in [0.25, 0.3) is 0 Å². The maximum Gasteiger partial charge on any atom is 0.128 e. The highest BCUT2D eigenvalue weighted by Gasteiger charge is 2.11. The molecule has 3 aromatic carbocycles. The number of hydrogen-bond donors (Lipinski definition) is 2. The van der Waals surface area contributed by atoms with Crippen molar-refractivity contribution in [1.82, 2.24) is 10.6 Å². The van der Waals surface area contributed by atoms with Crippen LogP contribution in [0.5, 0.6) is 0 Å². The minimum atomic E-state index is 0.928. The number of rotatable bonds is 8. The third-order valence-electron chi connectivity index (χ3n) is 7.59. The summed E-state index contributed by atoms with van der Waals surface area (Å²) in [7, 11) is 0. The molecule has 2 heterocycles. The Hall–Kier alpha value is -3.40. The Morgan fingerprint density at radius 3 is 1.49 bits per heavy atom. The third-order valence-corrected chi connectivity index (χ3v) is 7.59. The molecular formula is C33H40N4. The highest BCUT2D eigenvalue weighted by Crippen LogP contribution is 2.20. The van der Waals surface area contributed by atoms with Crippen molar-refractivity contribution < 1.29 is 0 Å². The fraction of sp³-hybridized carbons (Fsp3) is 0.394. The Morgan fingerprint density at radius 2 is 1.08 bits per heavy atom. The molecule has 2 N–H and O–H groups in total. The number of benzene rings is 3. The van der Waals surface area contributed by atoms with E-state index in [9.17, 15) is 0 Å². The molecule has 4 nitrogen and oxygen atoms in total. The smallest absolute Gasteiger partial charge is 0.128 e. The zero-order valence-electron chi connectivity index (χ0n) is 22.7. The van der Waals surface area contributed by atoms with E-state index in [-0.39, 0.29) is 0 Å². The van der Waals surface area contributed by atoms with Gasteiger partial charge in [-0.1, -0.05) is 48.0 Å². The van der Waals surface area contributed by atoms with Crippen LogP contribution in [0.3, 0.4) is 0 Å². The van der Waals surface area contributed by atoms with Crippen molar-refractivity contribution in [3.63, 3.8) is 0 Å². The maximum atomic E-state index is 4.65. The van der Waals surface area contributed by atoms with Crippen molar-refractivity contribution in [2.75, 3.05) is 26.2 Å². The Morgan fingerprint density at radius 1 is 0.595 bits per heavy atom. The molecule has 37 heavy (non-hydrogen) atoms. The van der Waals surface area contributed by atoms with E-state index in [0.717, 1.165) is 76.4 Å². The summed E-state index contributed by atoms with van der Waals surface area (Å²) >= 11 is 0. The first-order valence-corrected chi connectivity index (χ1v) is 13.9. The average Bonchev–Trinajstić information content (AvgIpc) is 2.92. The third kappa shape index (κ3) is 6.49. The fourth-order valence-corrected chi connectivity index (χ4v) is 5.49. The van der Waals surface area contributed by atoms with E-state index in [1.807, 2.05) is 0 Å². The summed E-state index contributed by atoms with van der Waals surface area (Å²) in [5, 5.41) is 6.88. The van der Waals surface area contributed by atoms with E-state index in [0.29, 0.717) is 0 Å². The predicted molar refractivity (Wildman–Crippen MR) is 156 cm³/mol. The molecule has 0 saturated heterocycles. The normalized spacial score (nSPS) is 15.4. The van der Waals surface area contributed by atoms with Crippen molar-refractivity contribution >= 4 is 11.7 Å². The Labute approximate surface area is 222 Å². The van der Waals surface area contributed by atoms with Crippen LogP contribution in [0.4, 0.5) is 0 Å². The van der Waals surface area contributed by atoms with E-state index in [1.54, 1.807) is 0 Å². The van der Waals surface area contributed by atoms with Crippen molar-refractivity contribution in [3.05, 3.63) is 105 Å². The molecule has 0 saturated carbocycles. The first kappa shape index (κ1) is 25.3. The SMILES string of the molecule is Cc1cc(CCc2ccc(C3=NCCCN3)cc2C)cc(CCc2ccc(C3=NCCCN3)cc2C)c1. The summed E-state index contributed by atoms with van der Waals surface area (Å²) in [6.45, 7) is 10.6. The molecule has 2 aliphatic heterocycles. The van der Waals surface area contributed by atoms with Crippen LogP contribution in [0.1, 0.15) is 62.9 Å². The second-order valence-corrected chi connectivity index (χ2v) is 10.6. The zero-order valence-corrected chi connectivity index (χ0v) is 22.7. The van der Waals surface area contributed by atoms with Crippen LogP contribution in [0, 0.1) is 20.8 Å². The van der Waals surface area contributed by atoms with Gasteiger partial charge in [-0.05, 0) is 105 Å². The minimum Gasteiger partial charge on any atom is -0.370 e. The molecule has 0 fully saturated rings. The largest absolute Gasteiger partial charge is 0.370 e. The summed E-state index contributed by atoms with van der Waals surface area (Å²) in [4.78, 5) is 9.30. The molecule has 0 aromatic heterocycles. The Bertz CT molecular complexity index is 1220. The van der Waals surface area contributed by atoms with E-state index < -0.39 is 0 Å². The van der Waals surface area contributed by atoms with Gasteiger partial charge < -0.3 is 10.6 Å². The second kappa shape index (κ2) is 11.8. The van der Waals surface area contributed by atoms with Crippen LogP contribution in [-0.2, 0) is 25.7 Å². The van der Waals surface area contributed by atoms with Crippen LogP contribution < -0.4 is 10.6 Å². The lowest BCUT2D eigenvalue weighted by Crippen LogP contribution is -2.30. The number of hydrogen-bond acceptors (Lipinski definition) is 4. The quantitative estimate of drug-likeness (QED) is 0.426. The lowest BCUT2D eigenvalue weighted by molar-refractivity contribution is 0.742. The van der Waals surface area contributed by atoms with Crippen LogP contribution in [0.2, 0.25) is 0 Å². The van der Waals surface area contributed by atoms with E-state index in [2.05, 4.69) is 96.0 Å². The van der Waals surface area contributed by atoms with E-state index >= 15 is 0 Å². The molecule has 5 rings (SSSR count). The first-order chi connectivity index (χ1) is 18.0. The van der Waals surface area contributed by atoms with Gasteiger partial charge in [0, 0.05) is 37.3 Å². The van der Waals surface area contributed by atoms with Gasteiger partial charge in [-0.2, -0.15) is 0 Å². The molecule has 0 amide bonds. The number of aryl methyl sites for hydroxylation is 7.